The van der Waals surface area contributed by atoms with Crippen LogP contribution in [0.5, 0.6) is 0 Å². The van der Waals surface area contributed by atoms with Crippen LogP contribution in [0, 0.1) is 13.8 Å². The number of hydrogen-bond donors (Lipinski definition) is 1. The van der Waals surface area contributed by atoms with Gasteiger partial charge >= 0.3 is 0 Å². The van der Waals surface area contributed by atoms with Gasteiger partial charge in [0.15, 0.2) is 0 Å². The highest BCUT2D eigenvalue weighted by Gasteiger charge is 2.42. The zero-order valence-corrected chi connectivity index (χ0v) is 14.8. The quantitative estimate of drug-likeness (QED) is 0.913. The number of benzene rings is 1. The van der Waals surface area contributed by atoms with E-state index in [9.17, 15) is 9.59 Å². The van der Waals surface area contributed by atoms with E-state index in [2.05, 4.69) is 42.3 Å². The molecule has 2 heterocycles. The third-order valence-electron chi connectivity index (χ3n) is 5.13. The number of nitrogens with zero attached hydrogens (tertiary/aromatic N) is 2. The number of fused-ring (bicyclic) bond motifs is 1. The number of aryl methyl sites for hydroxylation is 2. The van der Waals surface area contributed by atoms with E-state index in [0.717, 1.165) is 25.9 Å². The normalized spacial score (nSPS) is 24.7. The summed E-state index contributed by atoms with van der Waals surface area (Å²) in [6.45, 7) is 9.17. The number of hydrogen-bond acceptors (Lipinski definition) is 3. The Morgan fingerprint density at radius 1 is 1.21 bits per heavy atom. The third kappa shape index (κ3) is 3.31. The molecule has 3 rings (SSSR count). The minimum absolute atomic E-state index is 0.00150. The first-order chi connectivity index (χ1) is 11.5. The van der Waals surface area contributed by atoms with Gasteiger partial charge < -0.3 is 10.2 Å². The van der Waals surface area contributed by atoms with Crippen LogP contribution < -0.4 is 5.32 Å². The van der Waals surface area contributed by atoms with Crippen molar-refractivity contribution in [3.63, 3.8) is 0 Å². The van der Waals surface area contributed by atoms with Crippen molar-refractivity contribution in [3.05, 3.63) is 34.9 Å². The highest BCUT2D eigenvalue weighted by atomic mass is 16.2. The lowest BCUT2D eigenvalue weighted by Gasteiger charge is -2.45. The van der Waals surface area contributed by atoms with Gasteiger partial charge in [-0.25, -0.2) is 0 Å². The lowest BCUT2D eigenvalue weighted by atomic mass is 10.00. The summed E-state index contributed by atoms with van der Waals surface area (Å²) in [7, 11) is 0. The predicted octanol–water partition coefficient (Wildman–Crippen LogP) is 1.61. The Kier molecular flexibility index (Phi) is 4.90. The molecule has 5 heteroatoms. The maximum absolute atomic E-state index is 12.5. The second-order valence-electron chi connectivity index (χ2n) is 7.06. The van der Waals surface area contributed by atoms with Crippen LogP contribution in [0.2, 0.25) is 0 Å². The van der Waals surface area contributed by atoms with Crippen LogP contribution in [0.15, 0.2) is 18.2 Å². The lowest BCUT2D eigenvalue weighted by Crippen LogP contribution is -2.69. The molecule has 2 aliphatic heterocycles. The molecule has 0 bridgehead atoms. The summed E-state index contributed by atoms with van der Waals surface area (Å²) in [5.74, 6) is 0.0889. The van der Waals surface area contributed by atoms with Crippen LogP contribution in [-0.4, -0.2) is 53.3 Å². The number of carbonyl (C=O) groups excluding carboxylic acids is 2. The van der Waals surface area contributed by atoms with Crippen molar-refractivity contribution in [1.82, 2.24) is 15.1 Å². The number of carbonyl (C=O) groups is 2. The first kappa shape index (κ1) is 17.0. The van der Waals surface area contributed by atoms with Gasteiger partial charge in [-0.2, -0.15) is 0 Å². The van der Waals surface area contributed by atoms with Crippen molar-refractivity contribution in [2.75, 3.05) is 19.6 Å². The molecule has 0 aromatic heterocycles. The Morgan fingerprint density at radius 2 is 2.00 bits per heavy atom. The van der Waals surface area contributed by atoms with Crippen molar-refractivity contribution in [3.8, 4) is 0 Å². The summed E-state index contributed by atoms with van der Waals surface area (Å²) < 4.78 is 0. The van der Waals surface area contributed by atoms with Crippen molar-refractivity contribution in [1.29, 1.82) is 0 Å². The van der Waals surface area contributed by atoms with Gasteiger partial charge in [0.2, 0.25) is 11.8 Å². The Hall–Kier alpha value is -1.88. The molecule has 5 nitrogen and oxygen atoms in total. The average Bonchev–Trinajstić information content (AvgIpc) is 2.55. The van der Waals surface area contributed by atoms with Gasteiger partial charge in [0.05, 0.1) is 0 Å². The summed E-state index contributed by atoms with van der Waals surface area (Å²) >= 11 is 0. The molecular weight excluding hydrogens is 302 g/mol. The maximum Gasteiger partial charge on any atom is 0.245 e. The molecule has 2 saturated heterocycles. The zero-order chi connectivity index (χ0) is 17.3. The molecule has 1 N–H and O–H groups in total. The van der Waals surface area contributed by atoms with Crippen LogP contribution in [0.4, 0.5) is 0 Å². The van der Waals surface area contributed by atoms with Gasteiger partial charge in [0, 0.05) is 26.2 Å². The topological polar surface area (TPSA) is 52.7 Å². The van der Waals surface area contributed by atoms with Crippen LogP contribution in [0.25, 0.3) is 0 Å². The molecule has 0 radical (unpaired) electrons. The lowest BCUT2D eigenvalue weighted by molar-refractivity contribution is -0.153. The van der Waals surface area contributed by atoms with E-state index in [1.807, 2.05) is 6.92 Å². The fraction of sp³-hybridized carbons (Fsp3) is 0.579. The number of rotatable bonds is 4. The van der Waals surface area contributed by atoms with Crippen molar-refractivity contribution < 1.29 is 9.59 Å². The van der Waals surface area contributed by atoms with Crippen molar-refractivity contribution in [2.24, 2.45) is 0 Å². The molecule has 0 aliphatic carbocycles. The molecule has 2 amide bonds. The van der Waals surface area contributed by atoms with Crippen molar-refractivity contribution in [2.45, 2.75) is 52.2 Å². The minimum atomic E-state index is -0.342. The highest BCUT2D eigenvalue weighted by molar-refractivity contribution is 5.97. The van der Waals surface area contributed by atoms with Crippen LogP contribution in [-0.2, 0) is 16.1 Å². The smallest absolute Gasteiger partial charge is 0.245 e. The van der Waals surface area contributed by atoms with Gasteiger partial charge in [-0.15, -0.1) is 0 Å². The van der Waals surface area contributed by atoms with Gasteiger partial charge in [0.25, 0.3) is 0 Å². The Labute approximate surface area is 144 Å². The summed E-state index contributed by atoms with van der Waals surface area (Å²) in [6, 6.07) is 5.82. The number of nitrogens with one attached hydrogen (secondary N) is 1. The van der Waals surface area contributed by atoms with Gasteiger partial charge in [-0.1, -0.05) is 37.1 Å². The fourth-order valence-electron chi connectivity index (χ4n) is 3.75. The Balaban J connectivity index is 1.68. The second kappa shape index (κ2) is 6.93. The van der Waals surface area contributed by atoms with E-state index in [1.54, 1.807) is 4.90 Å². The fourth-order valence-corrected chi connectivity index (χ4v) is 3.75. The number of amides is 2. The molecular formula is C19H27N3O2. The van der Waals surface area contributed by atoms with E-state index in [0.29, 0.717) is 13.1 Å². The maximum atomic E-state index is 12.5. The molecule has 0 unspecified atom stereocenters. The molecule has 0 spiro atoms. The molecule has 1 aromatic carbocycles. The second-order valence-corrected chi connectivity index (χ2v) is 7.06. The molecule has 2 atom stereocenters. The molecule has 24 heavy (non-hydrogen) atoms. The molecule has 130 valence electrons. The SMILES string of the molecule is CCC[C@@H]1NC(=O)[C@H]2CN(Cc3ccc(C)cc3C)CCN2C1=O. The first-order valence-corrected chi connectivity index (χ1v) is 8.89. The summed E-state index contributed by atoms with van der Waals surface area (Å²) in [4.78, 5) is 29.1. The Bertz CT molecular complexity index is 643. The molecule has 0 saturated carbocycles. The van der Waals surface area contributed by atoms with Gasteiger partial charge in [-0.05, 0) is 31.4 Å². The summed E-state index contributed by atoms with van der Waals surface area (Å²) in [5, 5.41) is 2.91. The largest absolute Gasteiger partial charge is 0.342 e. The Morgan fingerprint density at radius 3 is 2.71 bits per heavy atom. The third-order valence-corrected chi connectivity index (χ3v) is 5.13. The monoisotopic (exact) mass is 329 g/mol. The van der Waals surface area contributed by atoms with Crippen molar-refractivity contribution >= 4 is 11.8 Å². The molecule has 1 aromatic rings. The number of piperazine rings is 2. The van der Waals surface area contributed by atoms with Gasteiger partial charge in [-0.3, -0.25) is 14.5 Å². The minimum Gasteiger partial charge on any atom is -0.342 e. The van der Waals surface area contributed by atoms with E-state index in [1.165, 1.54) is 16.7 Å². The van der Waals surface area contributed by atoms with Gasteiger partial charge in [0.1, 0.15) is 12.1 Å². The first-order valence-electron chi connectivity index (χ1n) is 8.89. The summed E-state index contributed by atoms with van der Waals surface area (Å²) in [5.41, 5.74) is 3.84. The van der Waals surface area contributed by atoms with E-state index < -0.39 is 0 Å². The van der Waals surface area contributed by atoms with Crippen LogP contribution >= 0.6 is 0 Å². The zero-order valence-electron chi connectivity index (χ0n) is 14.8. The average molecular weight is 329 g/mol. The molecule has 2 fully saturated rings. The van der Waals surface area contributed by atoms with E-state index in [4.69, 9.17) is 0 Å². The predicted molar refractivity (Wildman–Crippen MR) is 93.5 cm³/mol. The van der Waals surface area contributed by atoms with Crippen LogP contribution in [0.3, 0.4) is 0 Å². The molecule has 2 aliphatic rings. The van der Waals surface area contributed by atoms with E-state index >= 15 is 0 Å². The standard InChI is InChI=1S/C19H27N3O2/c1-4-5-16-19(24)22-9-8-21(12-17(22)18(23)20-16)11-15-7-6-13(2)10-14(15)3/h6-7,10,16-17H,4-5,8-9,11-12H2,1-3H3,(H,20,23)/t16-,17+/m0/s1. The van der Waals surface area contributed by atoms with Crippen LogP contribution in [0.1, 0.15) is 36.5 Å². The van der Waals surface area contributed by atoms with E-state index in [-0.39, 0.29) is 23.9 Å². The highest BCUT2D eigenvalue weighted by Crippen LogP contribution is 2.21. The summed E-state index contributed by atoms with van der Waals surface area (Å²) in [6.07, 6.45) is 1.62.